The molecule has 1 fully saturated rings. The zero-order valence-electron chi connectivity index (χ0n) is 17.9. The lowest BCUT2D eigenvalue weighted by molar-refractivity contribution is -0.139. The average molecular weight is 408 g/mol. The standard InChI is InChI=1S/C24H28N2O4/c1-15(2)21-10-9-20(13-16(21)3)30-17(4)24(29)25-19-7-5-18(6-8-19)14-26-22(27)11-12-23(26)28/h5-10,13,15,17H,11-12,14H2,1-4H3,(H,25,29)/t17-/m1/s1. The summed E-state index contributed by atoms with van der Waals surface area (Å²) in [5, 5.41) is 2.83. The predicted molar refractivity (Wildman–Crippen MR) is 115 cm³/mol. The number of rotatable bonds is 7. The van der Waals surface area contributed by atoms with Crippen LogP contribution in [-0.2, 0) is 20.9 Å². The summed E-state index contributed by atoms with van der Waals surface area (Å²) in [5.41, 5.74) is 3.86. The number of nitrogens with zero attached hydrogens (tertiary/aromatic N) is 1. The van der Waals surface area contributed by atoms with Crippen molar-refractivity contribution in [3.63, 3.8) is 0 Å². The van der Waals surface area contributed by atoms with E-state index in [4.69, 9.17) is 4.74 Å². The van der Waals surface area contributed by atoms with Gasteiger partial charge in [0.1, 0.15) is 5.75 Å². The minimum Gasteiger partial charge on any atom is -0.481 e. The van der Waals surface area contributed by atoms with Crippen molar-refractivity contribution in [2.45, 2.75) is 59.1 Å². The summed E-state index contributed by atoms with van der Waals surface area (Å²) in [7, 11) is 0. The molecule has 0 bridgehead atoms. The third-order valence-corrected chi connectivity index (χ3v) is 5.26. The topological polar surface area (TPSA) is 75.7 Å². The first-order chi connectivity index (χ1) is 14.2. The van der Waals surface area contributed by atoms with Crippen LogP contribution in [0.5, 0.6) is 5.75 Å². The number of hydrogen-bond acceptors (Lipinski definition) is 4. The van der Waals surface area contributed by atoms with Crippen molar-refractivity contribution in [3.8, 4) is 5.75 Å². The Bertz CT molecular complexity index is 934. The molecule has 0 saturated carbocycles. The molecule has 1 aliphatic heterocycles. The molecule has 0 spiro atoms. The van der Waals surface area contributed by atoms with Crippen molar-refractivity contribution in [2.75, 3.05) is 5.32 Å². The van der Waals surface area contributed by atoms with E-state index in [2.05, 4.69) is 19.2 Å². The average Bonchev–Trinajstić information content (AvgIpc) is 3.01. The molecule has 1 saturated heterocycles. The van der Waals surface area contributed by atoms with Crippen LogP contribution in [0.2, 0.25) is 0 Å². The molecule has 1 aliphatic rings. The van der Waals surface area contributed by atoms with E-state index in [-0.39, 0.29) is 37.1 Å². The van der Waals surface area contributed by atoms with Crippen LogP contribution >= 0.6 is 0 Å². The van der Waals surface area contributed by atoms with Crippen molar-refractivity contribution in [1.29, 1.82) is 0 Å². The Kier molecular flexibility index (Phi) is 6.55. The van der Waals surface area contributed by atoms with Gasteiger partial charge in [0, 0.05) is 18.5 Å². The number of nitrogens with one attached hydrogen (secondary N) is 1. The molecule has 1 atom stereocenters. The molecule has 0 aromatic heterocycles. The van der Waals surface area contributed by atoms with E-state index in [0.717, 1.165) is 11.1 Å². The molecule has 3 rings (SSSR count). The summed E-state index contributed by atoms with van der Waals surface area (Å²) in [4.78, 5) is 37.2. The highest BCUT2D eigenvalue weighted by Gasteiger charge is 2.28. The zero-order valence-corrected chi connectivity index (χ0v) is 17.9. The molecule has 1 heterocycles. The van der Waals surface area contributed by atoms with E-state index in [1.54, 1.807) is 31.2 Å². The van der Waals surface area contributed by atoms with Gasteiger partial charge in [0.2, 0.25) is 11.8 Å². The number of carbonyl (C=O) groups is 3. The fourth-order valence-corrected chi connectivity index (χ4v) is 3.55. The Morgan fingerprint density at radius 1 is 1.03 bits per heavy atom. The number of likely N-dealkylation sites (tertiary alicyclic amines) is 1. The Morgan fingerprint density at radius 3 is 2.23 bits per heavy atom. The van der Waals surface area contributed by atoms with Gasteiger partial charge in [0.25, 0.3) is 5.91 Å². The van der Waals surface area contributed by atoms with Gasteiger partial charge in [-0.15, -0.1) is 0 Å². The molecular weight excluding hydrogens is 380 g/mol. The van der Waals surface area contributed by atoms with Gasteiger partial charge in [-0.1, -0.05) is 32.0 Å². The Labute approximate surface area is 177 Å². The maximum Gasteiger partial charge on any atom is 0.265 e. The van der Waals surface area contributed by atoms with Gasteiger partial charge in [-0.3, -0.25) is 19.3 Å². The van der Waals surface area contributed by atoms with E-state index in [0.29, 0.717) is 17.4 Å². The van der Waals surface area contributed by atoms with Crippen molar-refractivity contribution >= 4 is 23.4 Å². The molecule has 2 aromatic rings. The molecule has 6 heteroatoms. The minimum atomic E-state index is -0.659. The predicted octanol–water partition coefficient (Wildman–Crippen LogP) is 4.17. The number of benzene rings is 2. The summed E-state index contributed by atoms with van der Waals surface area (Å²) in [6.07, 6.45) is -0.0938. The second-order valence-electron chi connectivity index (χ2n) is 7.99. The summed E-state index contributed by atoms with van der Waals surface area (Å²) < 4.78 is 5.81. The number of anilines is 1. The lowest BCUT2D eigenvalue weighted by atomic mass is 9.98. The highest BCUT2D eigenvalue weighted by Crippen LogP contribution is 2.24. The number of carbonyl (C=O) groups excluding carboxylic acids is 3. The molecule has 0 unspecified atom stereocenters. The maximum absolute atomic E-state index is 12.5. The molecule has 0 radical (unpaired) electrons. The smallest absolute Gasteiger partial charge is 0.265 e. The first kappa shape index (κ1) is 21.6. The number of aryl methyl sites for hydroxylation is 1. The van der Waals surface area contributed by atoms with Gasteiger partial charge in [-0.05, 0) is 60.7 Å². The first-order valence-corrected chi connectivity index (χ1v) is 10.2. The van der Waals surface area contributed by atoms with Crippen LogP contribution in [0.15, 0.2) is 42.5 Å². The largest absolute Gasteiger partial charge is 0.481 e. The van der Waals surface area contributed by atoms with Crippen LogP contribution in [0.25, 0.3) is 0 Å². The zero-order chi connectivity index (χ0) is 21.8. The molecule has 2 aromatic carbocycles. The van der Waals surface area contributed by atoms with E-state index in [9.17, 15) is 14.4 Å². The first-order valence-electron chi connectivity index (χ1n) is 10.2. The molecule has 158 valence electrons. The fourth-order valence-electron chi connectivity index (χ4n) is 3.55. The number of imide groups is 1. The maximum atomic E-state index is 12.5. The molecule has 3 amide bonds. The van der Waals surface area contributed by atoms with Gasteiger partial charge in [0.05, 0.1) is 6.54 Å². The number of hydrogen-bond donors (Lipinski definition) is 1. The van der Waals surface area contributed by atoms with Gasteiger partial charge < -0.3 is 10.1 Å². The minimum absolute atomic E-state index is 0.139. The normalized spacial score (nSPS) is 14.9. The third-order valence-electron chi connectivity index (χ3n) is 5.26. The third kappa shape index (κ3) is 5.06. The second-order valence-corrected chi connectivity index (χ2v) is 7.99. The molecule has 1 N–H and O–H groups in total. The van der Waals surface area contributed by atoms with Gasteiger partial charge in [-0.25, -0.2) is 0 Å². The summed E-state index contributed by atoms with van der Waals surface area (Å²) in [6.45, 7) is 8.30. The van der Waals surface area contributed by atoms with Crippen molar-refractivity contribution in [2.24, 2.45) is 0 Å². The number of ether oxygens (including phenoxy) is 1. The van der Waals surface area contributed by atoms with Crippen LogP contribution in [0.4, 0.5) is 5.69 Å². The molecule has 6 nitrogen and oxygen atoms in total. The van der Waals surface area contributed by atoms with Gasteiger partial charge >= 0.3 is 0 Å². The monoisotopic (exact) mass is 408 g/mol. The summed E-state index contributed by atoms with van der Waals surface area (Å²) in [5.74, 6) is 0.567. The van der Waals surface area contributed by atoms with Crippen LogP contribution in [0.3, 0.4) is 0 Å². The lowest BCUT2D eigenvalue weighted by Crippen LogP contribution is -2.30. The fraction of sp³-hybridized carbons (Fsp3) is 0.375. The van der Waals surface area contributed by atoms with Crippen LogP contribution in [-0.4, -0.2) is 28.7 Å². The van der Waals surface area contributed by atoms with E-state index >= 15 is 0 Å². The highest BCUT2D eigenvalue weighted by atomic mass is 16.5. The SMILES string of the molecule is Cc1cc(O[C@H](C)C(=O)Nc2ccc(CN3C(=O)CCC3=O)cc2)ccc1C(C)C. The van der Waals surface area contributed by atoms with E-state index in [1.807, 2.05) is 25.1 Å². The number of amides is 3. The van der Waals surface area contributed by atoms with Crippen molar-refractivity contribution in [3.05, 3.63) is 59.2 Å². The highest BCUT2D eigenvalue weighted by molar-refractivity contribution is 6.01. The van der Waals surface area contributed by atoms with Crippen molar-refractivity contribution < 1.29 is 19.1 Å². The van der Waals surface area contributed by atoms with Crippen LogP contribution < -0.4 is 10.1 Å². The quantitative estimate of drug-likeness (QED) is 0.698. The second kappa shape index (κ2) is 9.11. The summed E-state index contributed by atoms with van der Waals surface area (Å²) >= 11 is 0. The van der Waals surface area contributed by atoms with Gasteiger partial charge in [0.15, 0.2) is 6.10 Å². The lowest BCUT2D eigenvalue weighted by Gasteiger charge is -2.17. The van der Waals surface area contributed by atoms with E-state index in [1.165, 1.54) is 10.5 Å². The van der Waals surface area contributed by atoms with Crippen LogP contribution in [0.1, 0.15) is 56.2 Å². The summed E-state index contributed by atoms with van der Waals surface area (Å²) in [6, 6.07) is 13.0. The Balaban J connectivity index is 1.57. The Morgan fingerprint density at radius 2 is 1.67 bits per heavy atom. The van der Waals surface area contributed by atoms with Crippen molar-refractivity contribution in [1.82, 2.24) is 4.90 Å². The molecule has 30 heavy (non-hydrogen) atoms. The Hall–Kier alpha value is -3.15. The molecule has 0 aliphatic carbocycles. The van der Waals surface area contributed by atoms with Crippen LogP contribution in [0, 0.1) is 6.92 Å². The molecular formula is C24H28N2O4. The van der Waals surface area contributed by atoms with Gasteiger partial charge in [-0.2, -0.15) is 0 Å². The van der Waals surface area contributed by atoms with E-state index < -0.39 is 6.10 Å².